The fraction of sp³-hybridized carbons (Fsp3) is 0.500. The number of fused-ring (bicyclic) bond motifs is 1. The zero-order chi connectivity index (χ0) is 13.9. The molecule has 0 atom stereocenters. The van der Waals surface area contributed by atoms with E-state index in [1.807, 2.05) is 24.0 Å². The highest BCUT2D eigenvalue weighted by molar-refractivity contribution is 5.76. The number of carbonyl (C=O) groups is 1. The second kappa shape index (κ2) is 5.65. The summed E-state index contributed by atoms with van der Waals surface area (Å²) >= 11 is 0. The van der Waals surface area contributed by atoms with Gasteiger partial charge in [-0.3, -0.25) is 4.79 Å². The zero-order valence-corrected chi connectivity index (χ0v) is 11.8. The van der Waals surface area contributed by atoms with Crippen LogP contribution >= 0.6 is 0 Å². The highest BCUT2D eigenvalue weighted by Crippen LogP contribution is 2.26. The van der Waals surface area contributed by atoms with Gasteiger partial charge in [-0.2, -0.15) is 0 Å². The van der Waals surface area contributed by atoms with Crippen molar-refractivity contribution in [1.82, 2.24) is 9.88 Å². The van der Waals surface area contributed by atoms with Crippen molar-refractivity contribution in [1.29, 1.82) is 0 Å². The van der Waals surface area contributed by atoms with Crippen LogP contribution in [-0.4, -0.2) is 28.9 Å². The second-order valence-electron chi connectivity index (χ2n) is 5.40. The number of para-hydroxylation sites is 1. The molecule has 0 saturated heterocycles. The third-order valence-electron chi connectivity index (χ3n) is 3.86. The first-order valence-electron chi connectivity index (χ1n) is 7.40. The molecule has 1 aliphatic rings. The van der Waals surface area contributed by atoms with E-state index in [-0.39, 0.29) is 0 Å². The van der Waals surface area contributed by atoms with Crippen molar-refractivity contribution in [2.45, 2.75) is 45.1 Å². The fourth-order valence-electron chi connectivity index (χ4n) is 2.58. The van der Waals surface area contributed by atoms with Crippen molar-refractivity contribution in [2.75, 3.05) is 6.54 Å². The zero-order valence-electron chi connectivity index (χ0n) is 11.8. The van der Waals surface area contributed by atoms with E-state index in [0.717, 1.165) is 62.0 Å². The van der Waals surface area contributed by atoms with Crippen LogP contribution in [0.1, 0.15) is 37.6 Å². The Balaban J connectivity index is 1.67. The molecule has 20 heavy (non-hydrogen) atoms. The lowest BCUT2D eigenvalue weighted by Crippen LogP contribution is -2.25. The van der Waals surface area contributed by atoms with Gasteiger partial charge in [-0.25, -0.2) is 4.98 Å². The minimum absolute atomic E-state index is 0.500. The molecular weight excluding hydrogens is 252 g/mol. The number of aromatic nitrogens is 1. The Hall–Kier alpha value is -1.84. The molecule has 0 spiro atoms. The predicted octanol–water partition coefficient (Wildman–Crippen LogP) is 2.94. The Kier molecular flexibility index (Phi) is 3.72. The average Bonchev–Trinajstić information content (AvgIpc) is 3.21. The topological polar surface area (TPSA) is 46.3 Å². The van der Waals surface area contributed by atoms with Crippen LogP contribution in [-0.2, 0) is 17.6 Å². The van der Waals surface area contributed by atoms with Gasteiger partial charge >= 0.3 is 0 Å². The van der Waals surface area contributed by atoms with Crippen molar-refractivity contribution in [3.05, 3.63) is 29.7 Å². The highest BCUT2D eigenvalue weighted by Gasteiger charge is 2.27. The summed E-state index contributed by atoms with van der Waals surface area (Å²) in [7, 11) is 0. The van der Waals surface area contributed by atoms with Crippen LogP contribution in [0.5, 0.6) is 0 Å². The van der Waals surface area contributed by atoms with Crippen molar-refractivity contribution >= 4 is 17.5 Å². The third-order valence-corrected chi connectivity index (χ3v) is 3.86. The summed E-state index contributed by atoms with van der Waals surface area (Å²) in [6, 6.07) is 6.61. The molecule has 0 radical (unpaired) electrons. The molecule has 3 rings (SSSR count). The Morgan fingerprint density at radius 3 is 3.00 bits per heavy atom. The number of benzene rings is 1. The number of aryl methyl sites for hydroxylation is 2. The molecule has 1 aliphatic carbocycles. The Labute approximate surface area is 118 Å². The largest absolute Gasteiger partial charge is 0.440 e. The SMILES string of the molecule is CCc1nc2cccc(CCCN(C=O)C3CC3)c2o1. The van der Waals surface area contributed by atoms with E-state index in [2.05, 4.69) is 11.1 Å². The first-order chi connectivity index (χ1) is 9.81. The van der Waals surface area contributed by atoms with Crippen molar-refractivity contribution in [3.63, 3.8) is 0 Å². The molecule has 2 aromatic rings. The lowest BCUT2D eigenvalue weighted by molar-refractivity contribution is -0.118. The molecule has 0 N–H and O–H groups in total. The maximum absolute atomic E-state index is 11.0. The van der Waals surface area contributed by atoms with Gasteiger partial charge in [0.1, 0.15) is 5.52 Å². The summed E-state index contributed by atoms with van der Waals surface area (Å²) in [6.45, 7) is 2.88. The van der Waals surface area contributed by atoms with E-state index >= 15 is 0 Å². The van der Waals surface area contributed by atoms with E-state index < -0.39 is 0 Å². The molecule has 0 unspecified atom stereocenters. The molecule has 1 aromatic heterocycles. The number of hydrogen-bond donors (Lipinski definition) is 0. The molecule has 0 bridgehead atoms. The first-order valence-corrected chi connectivity index (χ1v) is 7.40. The summed E-state index contributed by atoms with van der Waals surface area (Å²) < 4.78 is 5.80. The standard InChI is InChI=1S/C16H20N2O2/c1-2-15-17-14-7-3-5-12(16(14)20-15)6-4-10-18(11-19)13-8-9-13/h3,5,7,11,13H,2,4,6,8-10H2,1H3. The smallest absolute Gasteiger partial charge is 0.209 e. The first kappa shape index (κ1) is 13.2. The quantitative estimate of drug-likeness (QED) is 0.728. The summed E-state index contributed by atoms with van der Waals surface area (Å²) in [5.74, 6) is 0.792. The number of nitrogens with zero attached hydrogens (tertiary/aromatic N) is 2. The predicted molar refractivity (Wildman–Crippen MR) is 77.5 cm³/mol. The monoisotopic (exact) mass is 272 g/mol. The maximum atomic E-state index is 11.0. The summed E-state index contributed by atoms with van der Waals surface area (Å²) in [4.78, 5) is 17.4. The summed E-state index contributed by atoms with van der Waals surface area (Å²) in [5, 5.41) is 0. The number of oxazole rings is 1. The Morgan fingerprint density at radius 1 is 1.45 bits per heavy atom. The summed E-state index contributed by atoms with van der Waals surface area (Å²) in [6.07, 6.45) is 6.02. The number of hydrogen-bond acceptors (Lipinski definition) is 3. The number of amides is 1. The van der Waals surface area contributed by atoms with Crippen LogP contribution in [0, 0.1) is 0 Å². The Morgan fingerprint density at radius 2 is 2.30 bits per heavy atom. The molecular formula is C16H20N2O2. The molecule has 1 amide bonds. The second-order valence-corrected chi connectivity index (χ2v) is 5.40. The van der Waals surface area contributed by atoms with Gasteiger partial charge in [0.25, 0.3) is 0 Å². The maximum Gasteiger partial charge on any atom is 0.209 e. The van der Waals surface area contributed by atoms with E-state index in [4.69, 9.17) is 4.42 Å². The molecule has 106 valence electrons. The van der Waals surface area contributed by atoms with Crippen molar-refractivity contribution in [3.8, 4) is 0 Å². The fourth-order valence-corrected chi connectivity index (χ4v) is 2.58. The van der Waals surface area contributed by atoms with Crippen LogP contribution < -0.4 is 0 Å². The van der Waals surface area contributed by atoms with Crippen LogP contribution in [0.3, 0.4) is 0 Å². The van der Waals surface area contributed by atoms with Crippen LogP contribution in [0.4, 0.5) is 0 Å². The van der Waals surface area contributed by atoms with Crippen LogP contribution in [0.25, 0.3) is 11.1 Å². The minimum Gasteiger partial charge on any atom is -0.440 e. The minimum atomic E-state index is 0.500. The van der Waals surface area contributed by atoms with Gasteiger partial charge in [0, 0.05) is 19.0 Å². The van der Waals surface area contributed by atoms with Gasteiger partial charge in [-0.05, 0) is 37.3 Å². The normalized spacial score (nSPS) is 14.7. The van der Waals surface area contributed by atoms with Gasteiger partial charge in [-0.1, -0.05) is 19.1 Å². The molecule has 0 aliphatic heterocycles. The van der Waals surface area contributed by atoms with E-state index in [9.17, 15) is 4.79 Å². The molecule has 1 aromatic carbocycles. The van der Waals surface area contributed by atoms with Crippen LogP contribution in [0.2, 0.25) is 0 Å². The average molecular weight is 272 g/mol. The van der Waals surface area contributed by atoms with Gasteiger partial charge in [0.15, 0.2) is 11.5 Å². The van der Waals surface area contributed by atoms with Gasteiger partial charge in [-0.15, -0.1) is 0 Å². The van der Waals surface area contributed by atoms with Gasteiger partial charge < -0.3 is 9.32 Å². The van der Waals surface area contributed by atoms with Crippen molar-refractivity contribution in [2.24, 2.45) is 0 Å². The summed E-state index contributed by atoms with van der Waals surface area (Å²) in [5.41, 5.74) is 3.04. The number of rotatable bonds is 7. The van der Waals surface area contributed by atoms with Gasteiger partial charge in [0.2, 0.25) is 6.41 Å². The van der Waals surface area contributed by atoms with Crippen LogP contribution in [0.15, 0.2) is 22.6 Å². The van der Waals surface area contributed by atoms with E-state index in [0.29, 0.717) is 6.04 Å². The molecule has 4 nitrogen and oxygen atoms in total. The third kappa shape index (κ3) is 2.69. The molecule has 4 heteroatoms. The Bertz CT molecular complexity index is 602. The lowest BCUT2D eigenvalue weighted by Gasteiger charge is -2.15. The molecule has 1 saturated carbocycles. The molecule has 1 heterocycles. The highest BCUT2D eigenvalue weighted by atomic mass is 16.3. The van der Waals surface area contributed by atoms with E-state index in [1.165, 1.54) is 5.56 Å². The number of carbonyl (C=O) groups excluding carboxylic acids is 1. The van der Waals surface area contributed by atoms with Crippen molar-refractivity contribution < 1.29 is 9.21 Å². The van der Waals surface area contributed by atoms with Gasteiger partial charge in [0.05, 0.1) is 0 Å². The lowest BCUT2D eigenvalue weighted by atomic mass is 10.1. The van der Waals surface area contributed by atoms with E-state index in [1.54, 1.807) is 0 Å². The molecule has 1 fully saturated rings.